The highest BCUT2D eigenvalue weighted by atomic mass is 13.9. The predicted octanol–water partition coefficient (Wildman–Crippen LogP) is 2.01. The highest BCUT2D eigenvalue weighted by molar-refractivity contribution is 5.54. The largest absolute Gasteiger partial charge is 0.0990 e. The fourth-order valence-electron chi connectivity index (χ4n) is 1.24. The molecule has 0 aliphatic heterocycles. The van der Waals surface area contributed by atoms with Gasteiger partial charge in [0.15, 0.2) is 0 Å². The molecule has 0 bridgehead atoms. The lowest BCUT2D eigenvalue weighted by atomic mass is 10.1. The SMILES string of the molecule is C=C/C=c1/cccc/c1=C(\C)C=C. The Morgan fingerprint density at radius 1 is 1.23 bits per heavy atom. The normalized spacial score (nSPS) is 13.8. The molecule has 1 aromatic carbocycles. The standard InChI is InChI=1S/C13H14/c1-4-8-12-9-6-7-10-13(12)11(3)5-2/h4-10H,1-2H2,3H3/b12-8-,13-11-. The molecule has 0 radical (unpaired) electrons. The summed E-state index contributed by atoms with van der Waals surface area (Å²) in [5.41, 5.74) is 1.19. The number of allylic oxidation sites excluding steroid dienone is 2. The van der Waals surface area contributed by atoms with E-state index in [1.165, 1.54) is 16.0 Å². The quantitative estimate of drug-likeness (QED) is 0.637. The molecule has 0 heteroatoms. The van der Waals surface area contributed by atoms with Crippen LogP contribution in [-0.4, -0.2) is 0 Å². The van der Waals surface area contributed by atoms with Crippen LogP contribution in [0.15, 0.2) is 49.6 Å². The van der Waals surface area contributed by atoms with E-state index in [0.29, 0.717) is 0 Å². The molecule has 0 amide bonds. The van der Waals surface area contributed by atoms with Gasteiger partial charge in [0, 0.05) is 0 Å². The fraction of sp³-hybridized carbons (Fsp3) is 0.0769. The van der Waals surface area contributed by atoms with E-state index in [9.17, 15) is 0 Å². The van der Waals surface area contributed by atoms with Crippen LogP contribution in [0, 0.1) is 0 Å². The van der Waals surface area contributed by atoms with Crippen molar-refractivity contribution in [3.05, 3.63) is 60.0 Å². The van der Waals surface area contributed by atoms with E-state index < -0.39 is 0 Å². The Kier molecular flexibility index (Phi) is 3.27. The average Bonchev–Trinajstić information content (AvgIpc) is 2.18. The number of benzene rings is 1. The highest BCUT2D eigenvalue weighted by Crippen LogP contribution is 1.88. The van der Waals surface area contributed by atoms with Gasteiger partial charge in [-0.3, -0.25) is 0 Å². The molecule has 0 unspecified atom stereocenters. The second-order valence-corrected chi connectivity index (χ2v) is 2.88. The lowest BCUT2D eigenvalue weighted by Crippen LogP contribution is -2.25. The van der Waals surface area contributed by atoms with E-state index in [1.807, 2.05) is 24.3 Å². The molecule has 0 aromatic heterocycles. The maximum Gasteiger partial charge on any atom is -0.0155 e. The molecule has 0 fully saturated rings. The van der Waals surface area contributed by atoms with Gasteiger partial charge in [0.1, 0.15) is 0 Å². The van der Waals surface area contributed by atoms with Crippen molar-refractivity contribution in [3.63, 3.8) is 0 Å². The van der Waals surface area contributed by atoms with E-state index >= 15 is 0 Å². The lowest BCUT2D eigenvalue weighted by Gasteiger charge is -1.93. The van der Waals surface area contributed by atoms with Crippen LogP contribution in [0.1, 0.15) is 6.92 Å². The van der Waals surface area contributed by atoms with Gasteiger partial charge >= 0.3 is 0 Å². The van der Waals surface area contributed by atoms with E-state index in [-0.39, 0.29) is 0 Å². The van der Waals surface area contributed by atoms with Crippen LogP contribution < -0.4 is 10.4 Å². The molecule has 0 aliphatic rings. The topological polar surface area (TPSA) is 0 Å². The number of hydrogen-bond donors (Lipinski definition) is 0. The van der Waals surface area contributed by atoms with Crippen LogP contribution >= 0.6 is 0 Å². The Morgan fingerprint density at radius 3 is 2.54 bits per heavy atom. The minimum absolute atomic E-state index is 1.19. The van der Waals surface area contributed by atoms with Crippen LogP contribution in [0.5, 0.6) is 0 Å². The van der Waals surface area contributed by atoms with Crippen molar-refractivity contribution < 1.29 is 0 Å². The molecule has 0 saturated heterocycles. The van der Waals surface area contributed by atoms with Gasteiger partial charge in [0.05, 0.1) is 0 Å². The van der Waals surface area contributed by atoms with Crippen LogP contribution in [-0.2, 0) is 0 Å². The summed E-state index contributed by atoms with van der Waals surface area (Å²) in [4.78, 5) is 0. The zero-order chi connectivity index (χ0) is 9.68. The fourth-order valence-corrected chi connectivity index (χ4v) is 1.24. The third kappa shape index (κ3) is 2.19. The Hall–Kier alpha value is -1.56. The maximum absolute atomic E-state index is 3.76. The summed E-state index contributed by atoms with van der Waals surface area (Å²) in [6, 6.07) is 8.22. The smallest absolute Gasteiger partial charge is 0.0155 e. The van der Waals surface area contributed by atoms with Crippen molar-refractivity contribution in [2.24, 2.45) is 0 Å². The van der Waals surface area contributed by atoms with Crippen molar-refractivity contribution in [1.29, 1.82) is 0 Å². The van der Waals surface area contributed by atoms with Gasteiger partial charge in [-0.2, -0.15) is 0 Å². The van der Waals surface area contributed by atoms with Crippen LogP contribution in [0.3, 0.4) is 0 Å². The van der Waals surface area contributed by atoms with E-state index in [2.05, 4.69) is 32.2 Å². The summed E-state index contributed by atoms with van der Waals surface area (Å²) in [6.07, 6.45) is 5.67. The predicted molar refractivity (Wildman–Crippen MR) is 59.6 cm³/mol. The van der Waals surface area contributed by atoms with Crippen molar-refractivity contribution in [2.45, 2.75) is 6.92 Å². The molecule has 0 heterocycles. The van der Waals surface area contributed by atoms with Gasteiger partial charge < -0.3 is 0 Å². The average molecular weight is 170 g/mol. The summed E-state index contributed by atoms with van der Waals surface area (Å²) in [5.74, 6) is 0. The van der Waals surface area contributed by atoms with E-state index in [0.717, 1.165) is 0 Å². The second kappa shape index (κ2) is 4.46. The molecule has 0 atom stereocenters. The van der Waals surface area contributed by atoms with Gasteiger partial charge in [-0.1, -0.05) is 55.7 Å². The molecule has 1 rings (SSSR count). The van der Waals surface area contributed by atoms with E-state index in [4.69, 9.17) is 0 Å². The molecular weight excluding hydrogens is 156 g/mol. The monoisotopic (exact) mass is 170 g/mol. The van der Waals surface area contributed by atoms with Crippen LogP contribution in [0.2, 0.25) is 0 Å². The first-order chi connectivity index (χ1) is 6.29. The molecule has 13 heavy (non-hydrogen) atoms. The van der Waals surface area contributed by atoms with Crippen LogP contribution in [0.4, 0.5) is 0 Å². The van der Waals surface area contributed by atoms with Crippen molar-refractivity contribution in [1.82, 2.24) is 0 Å². The van der Waals surface area contributed by atoms with Crippen molar-refractivity contribution in [3.8, 4) is 0 Å². The lowest BCUT2D eigenvalue weighted by molar-refractivity contribution is 1.48. The molecule has 0 nitrogen and oxygen atoms in total. The zero-order valence-electron chi connectivity index (χ0n) is 7.96. The van der Waals surface area contributed by atoms with Crippen molar-refractivity contribution >= 4 is 11.6 Å². The minimum atomic E-state index is 1.19. The maximum atomic E-state index is 3.76. The first kappa shape index (κ1) is 9.53. The van der Waals surface area contributed by atoms with Gasteiger partial charge in [0.2, 0.25) is 0 Å². The molecule has 1 aromatic rings. The minimum Gasteiger partial charge on any atom is -0.0990 e. The Balaban J connectivity index is 3.64. The zero-order valence-corrected chi connectivity index (χ0v) is 7.96. The highest BCUT2D eigenvalue weighted by Gasteiger charge is 1.86. The molecule has 0 aliphatic carbocycles. The third-order valence-corrected chi connectivity index (χ3v) is 1.99. The summed E-state index contributed by atoms with van der Waals surface area (Å²) >= 11 is 0. The van der Waals surface area contributed by atoms with Gasteiger partial charge in [-0.25, -0.2) is 0 Å². The van der Waals surface area contributed by atoms with Gasteiger partial charge in [-0.15, -0.1) is 0 Å². The second-order valence-electron chi connectivity index (χ2n) is 2.88. The van der Waals surface area contributed by atoms with E-state index in [1.54, 1.807) is 6.08 Å². The van der Waals surface area contributed by atoms with Gasteiger partial charge in [-0.05, 0) is 22.9 Å². The first-order valence-electron chi connectivity index (χ1n) is 4.30. The summed E-state index contributed by atoms with van der Waals surface area (Å²) in [5, 5.41) is 2.41. The number of hydrogen-bond acceptors (Lipinski definition) is 0. The molecule has 0 saturated carbocycles. The summed E-state index contributed by atoms with van der Waals surface area (Å²) < 4.78 is 0. The third-order valence-electron chi connectivity index (χ3n) is 1.99. The van der Waals surface area contributed by atoms with Gasteiger partial charge in [0.25, 0.3) is 0 Å². The Morgan fingerprint density at radius 2 is 1.92 bits per heavy atom. The summed E-state index contributed by atoms with van der Waals surface area (Å²) in [6.45, 7) is 9.51. The molecule has 66 valence electrons. The summed E-state index contributed by atoms with van der Waals surface area (Å²) in [7, 11) is 0. The van der Waals surface area contributed by atoms with Crippen LogP contribution in [0.25, 0.3) is 11.6 Å². The Bertz CT molecular complexity index is 422. The number of rotatable bonds is 2. The molecule has 0 spiro atoms. The Labute approximate surface area is 79.2 Å². The molecular formula is C13H14. The van der Waals surface area contributed by atoms with Crippen molar-refractivity contribution in [2.75, 3.05) is 0 Å². The molecule has 0 N–H and O–H groups in total. The first-order valence-corrected chi connectivity index (χ1v) is 4.30.